The molecule has 0 amide bonds. The van der Waals surface area contributed by atoms with Crippen LogP contribution < -0.4 is 4.90 Å². The molecule has 0 radical (unpaired) electrons. The largest absolute Gasteiger partial charge is 0.310 e. The van der Waals surface area contributed by atoms with Crippen molar-refractivity contribution in [2.75, 3.05) is 4.90 Å². The minimum absolute atomic E-state index is 1.10. The molecule has 52 heavy (non-hydrogen) atoms. The third kappa shape index (κ3) is 6.57. The second-order valence-electron chi connectivity index (χ2n) is 13.0. The summed E-state index contributed by atoms with van der Waals surface area (Å²) >= 11 is 0. The van der Waals surface area contributed by atoms with Gasteiger partial charge in [-0.2, -0.15) is 0 Å². The van der Waals surface area contributed by atoms with Gasteiger partial charge in [-0.05, 0) is 135 Å². The number of nitrogens with zero attached hydrogens (tertiary/aromatic N) is 1. The van der Waals surface area contributed by atoms with Gasteiger partial charge in [-0.15, -0.1) is 6.58 Å². The van der Waals surface area contributed by atoms with Gasteiger partial charge in [0.1, 0.15) is 0 Å². The van der Waals surface area contributed by atoms with Gasteiger partial charge in [-0.25, -0.2) is 0 Å². The molecular formula is C51H43N. The van der Waals surface area contributed by atoms with E-state index in [0.29, 0.717) is 0 Å². The summed E-state index contributed by atoms with van der Waals surface area (Å²) < 4.78 is 0. The average molecular weight is 670 g/mol. The van der Waals surface area contributed by atoms with E-state index >= 15 is 0 Å². The number of benzene rings is 8. The summed E-state index contributed by atoms with van der Waals surface area (Å²) in [5, 5.41) is 7.62. The summed E-state index contributed by atoms with van der Waals surface area (Å²) in [5.74, 6) is 0. The lowest BCUT2D eigenvalue weighted by atomic mass is 9.88. The lowest BCUT2D eigenvalue weighted by molar-refractivity contribution is 1.29. The Bertz CT molecular complexity index is 2500. The highest BCUT2D eigenvalue weighted by Gasteiger charge is 2.16. The minimum atomic E-state index is 1.10. The van der Waals surface area contributed by atoms with Crippen molar-refractivity contribution in [2.45, 2.75) is 20.8 Å². The number of hydrogen-bond donors (Lipinski definition) is 0. The molecule has 0 unspecified atom stereocenters. The van der Waals surface area contributed by atoms with Crippen LogP contribution in [0, 0.1) is 6.92 Å². The van der Waals surface area contributed by atoms with Gasteiger partial charge in [0.2, 0.25) is 0 Å². The summed E-state index contributed by atoms with van der Waals surface area (Å²) in [4.78, 5) is 2.34. The van der Waals surface area contributed by atoms with Crippen LogP contribution in [0.4, 0.5) is 17.1 Å². The fraction of sp³-hybridized carbons (Fsp3) is 0.0588. The first-order valence-corrected chi connectivity index (χ1v) is 17.9. The van der Waals surface area contributed by atoms with Crippen molar-refractivity contribution in [2.24, 2.45) is 0 Å². The number of rotatable bonds is 7. The van der Waals surface area contributed by atoms with Crippen LogP contribution in [0.15, 0.2) is 195 Å². The molecule has 0 aliphatic heterocycles. The highest BCUT2D eigenvalue weighted by Crippen LogP contribution is 2.41. The highest BCUT2D eigenvalue weighted by atomic mass is 15.1. The quantitative estimate of drug-likeness (QED) is 0.0927. The zero-order valence-electron chi connectivity index (χ0n) is 30.2. The van der Waals surface area contributed by atoms with E-state index in [1.807, 2.05) is 13.0 Å². The van der Waals surface area contributed by atoms with Gasteiger partial charge < -0.3 is 4.90 Å². The Balaban J connectivity index is 0.00000136. The summed E-state index contributed by atoms with van der Waals surface area (Å²) in [6.45, 7) is 13.5. The van der Waals surface area contributed by atoms with Crippen LogP contribution in [-0.4, -0.2) is 0 Å². The van der Waals surface area contributed by atoms with Crippen molar-refractivity contribution in [3.8, 4) is 22.3 Å². The molecule has 0 N–H and O–H groups in total. The molecule has 0 heterocycles. The molecule has 0 fully saturated rings. The first-order valence-electron chi connectivity index (χ1n) is 17.9. The van der Waals surface area contributed by atoms with Crippen LogP contribution in [0.2, 0.25) is 0 Å². The van der Waals surface area contributed by atoms with Crippen LogP contribution in [0.25, 0.3) is 60.1 Å². The second-order valence-corrected chi connectivity index (χ2v) is 13.0. The van der Waals surface area contributed by atoms with Crippen LogP contribution in [0.5, 0.6) is 0 Å². The molecule has 1 heteroatoms. The maximum Gasteiger partial charge on any atom is 0.0468 e. The summed E-state index contributed by atoms with van der Waals surface area (Å²) in [5.41, 5.74) is 11.9. The molecule has 8 rings (SSSR count). The zero-order chi connectivity index (χ0) is 36.0. The standard InChI is InChI=1S/C48H37N.C3H6/c1-4-34(5-2)36-21-26-41(27-22-36)49(42-28-23-37(24-29-42)35-13-7-6-8-14-35)43-30-25-38-31-40(20-19-39(38)32-43)48-46-17-11-9-15-44(46)33(3)45-16-10-12-18-47(45)48;1-3-2/h4-32H,1H2,2-3H3;3H,1H2,2H3/b34-5+;. The molecular weight excluding hydrogens is 627 g/mol. The second kappa shape index (κ2) is 15.2. The molecule has 0 aliphatic carbocycles. The van der Waals surface area contributed by atoms with E-state index < -0.39 is 0 Å². The van der Waals surface area contributed by atoms with Gasteiger partial charge in [0, 0.05) is 17.1 Å². The summed E-state index contributed by atoms with van der Waals surface area (Å²) in [6.07, 6.45) is 5.76. The predicted molar refractivity (Wildman–Crippen MR) is 229 cm³/mol. The summed E-state index contributed by atoms with van der Waals surface area (Å²) in [7, 11) is 0. The van der Waals surface area contributed by atoms with Crippen LogP contribution >= 0.6 is 0 Å². The highest BCUT2D eigenvalue weighted by molar-refractivity contribution is 6.15. The summed E-state index contributed by atoms with van der Waals surface area (Å²) in [6, 6.07) is 59.5. The van der Waals surface area contributed by atoms with Crippen molar-refractivity contribution >= 4 is 55.0 Å². The molecule has 0 spiro atoms. The smallest absolute Gasteiger partial charge is 0.0468 e. The maximum atomic E-state index is 4.00. The normalized spacial score (nSPS) is 11.2. The Kier molecular flexibility index (Phi) is 9.95. The first-order chi connectivity index (χ1) is 25.5. The number of allylic oxidation sites excluding steroid dienone is 4. The van der Waals surface area contributed by atoms with Gasteiger partial charge >= 0.3 is 0 Å². The Hall–Kier alpha value is -6.44. The van der Waals surface area contributed by atoms with Crippen LogP contribution in [0.3, 0.4) is 0 Å². The van der Waals surface area contributed by atoms with Gasteiger partial charge in [0.15, 0.2) is 0 Å². The third-order valence-electron chi connectivity index (χ3n) is 9.79. The van der Waals surface area contributed by atoms with E-state index in [4.69, 9.17) is 0 Å². The van der Waals surface area contributed by atoms with Gasteiger partial charge in [0.25, 0.3) is 0 Å². The third-order valence-corrected chi connectivity index (χ3v) is 9.79. The number of fused-ring (bicyclic) bond motifs is 3. The van der Waals surface area contributed by atoms with Crippen molar-refractivity contribution in [1.29, 1.82) is 0 Å². The molecule has 252 valence electrons. The fourth-order valence-corrected chi connectivity index (χ4v) is 7.27. The molecule has 0 aromatic heterocycles. The predicted octanol–water partition coefficient (Wildman–Crippen LogP) is 15.0. The Labute approximate surface area is 308 Å². The van der Waals surface area contributed by atoms with Crippen molar-refractivity contribution in [3.63, 3.8) is 0 Å². The molecule has 0 aliphatic rings. The molecule has 8 aromatic rings. The molecule has 0 atom stereocenters. The van der Waals surface area contributed by atoms with Crippen LogP contribution in [-0.2, 0) is 0 Å². The van der Waals surface area contributed by atoms with E-state index in [1.165, 1.54) is 60.1 Å². The lowest BCUT2D eigenvalue weighted by Gasteiger charge is -2.26. The SMILES string of the molecule is C=C/C(=C\C)c1ccc(N(c2ccc(-c3ccccc3)cc2)c2ccc3cc(-c4c5ccccc5c(C)c5ccccc45)ccc3c2)cc1.C=CC. The van der Waals surface area contributed by atoms with Crippen molar-refractivity contribution in [3.05, 3.63) is 206 Å². The molecule has 1 nitrogen and oxygen atoms in total. The maximum absolute atomic E-state index is 4.00. The van der Waals surface area contributed by atoms with E-state index in [1.54, 1.807) is 6.08 Å². The van der Waals surface area contributed by atoms with E-state index in [0.717, 1.165) is 28.2 Å². The minimum Gasteiger partial charge on any atom is -0.310 e. The first kappa shape index (κ1) is 34.0. The number of aryl methyl sites for hydroxylation is 1. The van der Waals surface area contributed by atoms with Crippen molar-refractivity contribution in [1.82, 2.24) is 0 Å². The van der Waals surface area contributed by atoms with Crippen molar-refractivity contribution < 1.29 is 0 Å². The van der Waals surface area contributed by atoms with Gasteiger partial charge in [0.05, 0.1) is 0 Å². The Morgan fingerprint density at radius 2 is 0.942 bits per heavy atom. The topological polar surface area (TPSA) is 3.24 Å². The van der Waals surface area contributed by atoms with E-state index in [-0.39, 0.29) is 0 Å². The lowest BCUT2D eigenvalue weighted by Crippen LogP contribution is -2.10. The van der Waals surface area contributed by atoms with E-state index in [2.05, 4.69) is 202 Å². The average Bonchev–Trinajstić information content (AvgIpc) is 3.20. The van der Waals surface area contributed by atoms with E-state index in [9.17, 15) is 0 Å². The fourth-order valence-electron chi connectivity index (χ4n) is 7.27. The van der Waals surface area contributed by atoms with Crippen LogP contribution in [0.1, 0.15) is 25.0 Å². The monoisotopic (exact) mass is 669 g/mol. The van der Waals surface area contributed by atoms with Gasteiger partial charge in [-0.3, -0.25) is 0 Å². The van der Waals surface area contributed by atoms with Gasteiger partial charge in [-0.1, -0.05) is 146 Å². The number of hydrogen-bond acceptors (Lipinski definition) is 1. The molecule has 0 saturated heterocycles. The molecule has 0 bridgehead atoms. The zero-order valence-corrected chi connectivity index (χ0v) is 30.2. The number of anilines is 3. The Morgan fingerprint density at radius 1 is 0.481 bits per heavy atom. The molecule has 8 aromatic carbocycles. The molecule has 0 saturated carbocycles. The Morgan fingerprint density at radius 3 is 1.52 bits per heavy atom.